The fourth-order valence-corrected chi connectivity index (χ4v) is 8.10. The molecule has 248 valence electrons. The second-order valence-electron chi connectivity index (χ2n) is 13.7. The lowest BCUT2D eigenvalue weighted by atomic mass is 9.97. The highest BCUT2D eigenvalue weighted by atomic mass is 16.3. The molecule has 0 aliphatic rings. The second-order valence-corrected chi connectivity index (χ2v) is 13.7. The molecule has 0 radical (unpaired) electrons. The summed E-state index contributed by atoms with van der Waals surface area (Å²) < 4.78 is 13.2. The highest BCUT2D eigenvalue weighted by Crippen LogP contribution is 2.45. The minimum atomic E-state index is 0.842. The van der Waals surface area contributed by atoms with E-state index in [9.17, 15) is 0 Å². The van der Waals surface area contributed by atoms with Crippen molar-refractivity contribution < 1.29 is 8.83 Å². The highest BCUT2D eigenvalue weighted by Gasteiger charge is 2.22. The quantitative estimate of drug-likeness (QED) is 0.170. The van der Waals surface area contributed by atoms with Gasteiger partial charge in [-0.3, -0.25) is 0 Å². The molecule has 2 aromatic heterocycles. The van der Waals surface area contributed by atoms with E-state index in [1.807, 2.05) is 18.2 Å². The zero-order valence-corrected chi connectivity index (χ0v) is 28.7. The molecular weight excluding hydrogens is 647 g/mol. The molecule has 3 heteroatoms. The van der Waals surface area contributed by atoms with Crippen LogP contribution in [0.15, 0.2) is 197 Å². The molecule has 0 saturated heterocycles. The van der Waals surface area contributed by atoms with Crippen molar-refractivity contribution >= 4 is 82.5 Å². The van der Waals surface area contributed by atoms with Crippen LogP contribution in [0.5, 0.6) is 0 Å². The second kappa shape index (κ2) is 11.7. The van der Waals surface area contributed by atoms with E-state index in [-0.39, 0.29) is 0 Å². The molecule has 0 aliphatic heterocycles. The van der Waals surface area contributed by atoms with Gasteiger partial charge in [0, 0.05) is 38.5 Å². The molecule has 0 spiro atoms. The lowest BCUT2D eigenvalue weighted by molar-refractivity contribution is 0.669. The predicted octanol–water partition coefficient (Wildman–Crippen LogP) is 14.6. The van der Waals surface area contributed by atoms with Gasteiger partial charge in [-0.25, -0.2) is 0 Å². The van der Waals surface area contributed by atoms with E-state index < -0.39 is 0 Å². The van der Waals surface area contributed by atoms with E-state index in [1.54, 1.807) is 0 Å². The molecule has 0 N–H and O–H groups in total. The first kappa shape index (κ1) is 29.6. The Morgan fingerprint density at radius 2 is 0.981 bits per heavy atom. The van der Waals surface area contributed by atoms with Crippen molar-refractivity contribution in [3.63, 3.8) is 0 Å². The van der Waals surface area contributed by atoms with Crippen molar-refractivity contribution in [1.82, 2.24) is 0 Å². The van der Waals surface area contributed by atoms with Crippen LogP contribution in [0.3, 0.4) is 0 Å². The van der Waals surface area contributed by atoms with Crippen LogP contribution in [0.2, 0.25) is 0 Å². The van der Waals surface area contributed by atoms with Gasteiger partial charge in [0.05, 0.1) is 5.69 Å². The molecule has 0 fully saturated rings. The Kier molecular flexibility index (Phi) is 6.55. The molecule has 3 nitrogen and oxygen atoms in total. The van der Waals surface area contributed by atoms with Gasteiger partial charge in [-0.2, -0.15) is 0 Å². The van der Waals surface area contributed by atoms with Crippen molar-refractivity contribution in [2.75, 3.05) is 4.90 Å². The van der Waals surface area contributed by atoms with Gasteiger partial charge in [0.15, 0.2) is 5.58 Å². The molecular formula is C50H31NO2. The summed E-state index contributed by atoms with van der Waals surface area (Å²) in [6.07, 6.45) is 0. The van der Waals surface area contributed by atoms with Gasteiger partial charge in [-0.1, -0.05) is 140 Å². The average Bonchev–Trinajstić information content (AvgIpc) is 3.80. The number of furan rings is 2. The highest BCUT2D eigenvalue weighted by molar-refractivity contribution is 6.14. The van der Waals surface area contributed by atoms with Gasteiger partial charge >= 0.3 is 0 Å². The van der Waals surface area contributed by atoms with Crippen LogP contribution in [0.4, 0.5) is 17.1 Å². The third-order valence-electron chi connectivity index (χ3n) is 10.7. The van der Waals surface area contributed by atoms with E-state index in [2.05, 4.69) is 175 Å². The number of fused-ring (bicyclic) bond motifs is 9. The largest absolute Gasteiger partial charge is 0.456 e. The molecule has 11 aromatic rings. The lowest BCUT2D eigenvalue weighted by Gasteiger charge is -2.26. The van der Waals surface area contributed by atoms with Crippen molar-refractivity contribution in [3.05, 3.63) is 188 Å². The zero-order valence-electron chi connectivity index (χ0n) is 28.7. The minimum Gasteiger partial charge on any atom is -0.456 e. The number of hydrogen-bond acceptors (Lipinski definition) is 3. The van der Waals surface area contributed by atoms with E-state index in [1.165, 1.54) is 27.1 Å². The van der Waals surface area contributed by atoms with Crippen molar-refractivity contribution in [1.29, 1.82) is 0 Å². The Hall–Kier alpha value is -7.10. The SMILES string of the molecule is c1ccc(-c2cccc3c2oc2c(N(c4ccc(-c5ccc6c(ccc7ccccc76)c5)cc4)c4ccc5oc6ccccc6c5c4)cccc23)cc1. The molecule has 0 bridgehead atoms. The van der Waals surface area contributed by atoms with E-state index >= 15 is 0 Å². The maximum Gasteiger partial charge on any atom is 0.159 e. The van der Waals surface area contributed by atoms with Crippen LogP contribution in [0.1, 0.15) is 0 Å². The van der Waals surface area contributed by atoms with E-state index in [0.29, 0.717) is 0 Å². The monoisotopic (exact) mass is 677 g/mol. The third kappa shape index (κ3) is 4.75. The fourth-order valence-electron chi connectivity index (χ4n) is 8.10. The zero-order chi connectivity index (χ0) is 34.9. The number of hydrogen-bond donors (Lipinski definition) is 0. The smallest absolute Gasteiger partial charge is 0.159 e. The summed E-state index contributed by atoms with van der Waals surface area (Å²) in [6, 6.07) is 66.7. The topological polar surface area (TPSA) is 29.5 Å². The summed E-state index contributed by atoms with van der Waals surface area (Å²) >= 11 is 0. The minimum absolute atomic E-state index is 0.842. The van der Waals surface area contributed by atoms with Gasteiger partial charge in [0.2, 0.25) is 0 Å². The molecule has 11 rings (SSSR count). The van der Waals surface area contributed by atoms with Crippen molar-refractivity contribution in [2.24, 2.45) is 0 Å². The van der Waals surface area contributed by atoms with E-state index in [4.69, 9.17) is 8.83 Å². The summed E-state index contributed by atoms with van der Waals surface area (Å²) in [6.45, 7) is 0. The first-order valence-electron chi connectivity index (χ1n) is 18.0. The fraction of sp³-hybridized carbons (Fsp3) is 0. The van der Waals surface area contributed by atoms with Crippen LogP contribution < -0.4 is 4.90 Å². The Morgan fingerprint density at radius 3 is 1.87 bits per heavy atom. The Morgan fingerprint density at radius 1 is 0.321 bits per heavy atom. The van der Waals surface area contributed by atoms with E-state index in [0.717, 1.165) is 77.6 Å². The number of anilines is 3. The van der Waals surface area contributed by atoms with Gasteiger partial charge in [-0.15, -0.1) is 0 Å². The van der Waals surface area contributed by atoms with Gasteiger partial charge in [0.1, 0.15) is 16.7 Å². The maximum absolute atomic E-state index is 6.94. The summed E-state index contributed by atoms with van der Waals surface area (Å²) in [5.41, 5.74) is 11.0. The molecule has 0 aliphatic carbocycles. The number of benzene rings is 9. The standard InChI is InChI=1S/C50H31NO2/c1-2-10-33(11-3-1)41-15-8-16-43-44-17-9-18-46(50(44)53-49(41)43)51(38-27-29-48-45(31-38)42-14-6-7-19-47(42)52-48)37-25-22-32(23-26-37)35-24-28-40-36(30-35)21-20-34-12-4-5-13-39(34)40/h1-31H. The van der Waals surface area contributed by atoms with Gasteiger partial charge < -0.3 is 13.7 Å². The summed E-state index contributed by atoms with van der Waals surface area (Å²) in [7, 11) is 0. The Balaban J connectivity index is 1.09. The molecule has 0 amide bonds. The molecule has 2 heterocycles. The normalized spacial score (nSPS) is 11.8. The number of rotatable bonds is 5. The molecule has 9 aromatic carbocycles. The lowest BCUT2D eigenvalue weighted by Crippen LogP contribution is -2.10. The summed E-state index contributed by atoms with van der Waals surface area (Å²) in [4.78, 5) is 2.31. The van der Waals surface area contributed by atoms with Crippen LogP contribution in [-0.4, -0.2) is 0 Å². The predicted molar refractivity (Wildman–Crippen MR) is 222 cm³/mol. The van der Waals surface area contributed by atoms with Gasteiger partial charge in [0.25, 0.3) is 0 Å². The Labute approximate surface area is 305 Å². The first-order chi connectivity index (χ1) is 26.3. The number of para-hydroxylation sites is 3. The summed E-state index contributed by atoms with van der Waals surface area (Å²) in [5.74, 6) is 0. The molecule has 53 heavy (non-hydrogen) atoms. The van der Waals surface area contributed by atoms with Crippen LogP contribution >= 0.6 is 0 Å². The van der Waals surface area contributed by atoms with Gasteiger partial charge in [-0.05, 0) is 86.8 Å². The van der Waals surface area contributed by atoms with Crippen LogP contribution in [0, 0.1) is 0 Å². The summed E-state index contributed by atoms with van der Waals surface area (Å²) in [5, 5.41) is 9.39. The van der Waals surface area contributed by atoms with Crippen LogP contribution in [0.25, 0.3) is 87.7 Å². The van der Waals surface area contributed by atoms with Crippen LogP contribution in [-0.2, 0) is 0 Å². The average molecular weight is 678 g/mol. The third-order valence-corrected chi connectivity index (χ3v) is 10.7. The first-order valence-corrected chi connectivity index (χ1v) is 18.0. The molecule has 0 atom stereocenters. The van der Waals surface area contributed by atoms with Crippen molar-refractivity contribution in [2.45, 2.75) is 0 Å². The maximum atomic E-state index is 6.94. The number of nitrogens with zero attached hydrogens (tertiary/aromatic N) is 1. The van der Waals surface area contributed by atoms with Crippen molar-refractivity contribution in [3.8, 4) is 22.3 Å². The molecule has 0 unspecified atom stereocenters. The molecule has 0 saturated carbocycles. The Bertz CT molecular complexity index is 3170.